The Morgan fingerprint density at radius 2 is 2.06 bits per heavy atom. The van der Waals surface area contributed by atoms with Crippen molar-refractivity contribution in [1.29, 1.82) is 5.26 Å². The van der Waals surface area contributed by atoms with Crippen LogP contribution in [0, 0.1) is 23.3 Å². The van der Waals surface area contributed by atoms with Gasteiger partial charge in [-0.15, -0.1) is 0 Å². The Labute approximate surface area is 106 Å². The average Bonchev–Trinajstić information content (AvgIpc) is 2.70. The lowest BCUT2D eigenvalue weighted by Crippen LogP contribution is -2.21. The van der Waals surface area contributed by atoms with Crippen LogP contribution < -0.4 is 0 Å². The summed E-state index contributed by atoms with van der Waals surface area (Å²) in [6.07, 6.45) is 2.95. The van der Waals surface area contributed by atoms with Gasteiger partial charge < -0.3 is 4.79 Å². The summed E-state index contributed by atoms with van der Waals surface area (Å²) < 4.78 is 0. The van der Waals surface area contributed by atoms with Gasteiger partial charge in [-0.2, -0.15) is 15.7 Å². The molecule has 0 spiro atoms. The molecule has 0 amide bonds. The standard InChI is InChI=1S/C13H18N2OS/c1-13(2,6-7-14)10-11(16)12(15-3)17-8-4-5-9-17/h4-6,8-10H2,1-2H3. The van der Waals surface area contributed by atoms with Crippen LogP contribution >= 0.6 is 10.5 Å². The minimum absolute atomic E-state index is 0.0366. The molecule has 1 aliphatic rings. The number of hydrogen-bond donors (Lipinski definition) is 0. The van der Waals surface area contributed by atoms with E-state index in [1.54, 1.807) is 0 Å². The monoisotopic (exact) mass is 250 g/mol. The summed E-state index contributed by atoms with van der Waals surface area (Å²) in [5.41, 5.74) is -0.315. The Kier molecular flexibility index (Phi) is 4.90. The molecule has 0 saturated carbocycles. The van der Waals surface area contributed by atoms with E-state index in [0.717, 1.165) is 24.3 Å². The molecule has 1 saturated heterocycles. The van der Waals surface area contributed by atoms with Crippen molar-refractivity contribution in [2.75, 3.05) is 11.5 Å². The first-order chi connectivity index (χ1) is 8.00. The third-order valence-corrected chi connectivity index (χ3v) is 5.27. The Hall–Kier alpha value is -1.13. The van der Waals surface area contributed by atoms with Gasteiger partial charge in [0, 0.05) is 12.8 Å². The van der Waals surface area contributed by atoms with Gasteiger partial charge in [-0.1, -0.05) is 13.8 Å². The van der Waals surface area contributed by atoms with E-state index in [1.807, 2.05) is 13.8 Å². The van der Waals surface area contributed by atoms with E-state index in [2.05, 4.69) is 10.9 Å². The molecular weight excluding hydrogens is 232 g/mol. The van der Waals surface area contributed by atoms with E-state index in [-0.39, 0.29) is 21.7 Å². The number of nitrogens with zero attached hydrogens (tertiary/aromatic N) is 2. The quantitative estimate of drug-likeness (QED) is 0.568. The third-order valence-electron chi connectivity index (χ3n) is 2.84. The number of nitriles is 1. The van der Waals surface area contributed by atoms with Gasteiger partial charge in [0.2, 0.25) is 0 Å². The summed E-state index contributed by atoms with van der Waals surface area (Å²) in [5, 5.41) is 8.70. The molecule has 0 aromatic heterocycles. The van der Waals surface area contributed by atoms with Gasteiger partial charge >= 0.3 is 0 Å². The molecule has 1 aliphatic heterocycles. The van der Waals surface area contributed by atoms with Gasteiger partial charge in [-0.25, -0.2) is 4.85 Å². The van der Waals surface area contributed by atoms with Gasteiger partial charge in [0.1, 0.15) is 0 Å². The van der Waals surface area contributed by atoms with E-state index in [0.29, 0.717) is 17.8 Å². The normalized spacial score (nSPS) is 16.2. The van der Waals surface area contributed by atoms with Gasteiger partial charge in [-0.3, -0.25) is 0 Å². The zero-order chi connectivity index (χ0) is 12.9. The summed E-state index contributed by atoms with van der Waals surface area (Å²) in [4.78, 5) is 16.0. The number of carbonyl (C=O) groups is 1. The molecular formula is C13H18N2OS. The largest absolute Gasteiger partial charge is 0.307 e. The van der Waals surface area contributed by atoms with Crippen LogP contribution in [-0.2, 0) is 4.79 Å². The molecule has 0 radical (unpaired) electrons. The lowest BCUT2D eigenvalue weighted by molar-refractivity contribution is -0.114. The molecule has 1 fully saturated rings. The zero-order valence-corrected chi connectivity index (χ0v) is 11.3. The number of rotatable bonds is 4. The molecule has 0 unspecified atom stereocenters. The highest BCUT2D eigenvalue weighted by Gasteiger charge is 2.26. The third kappa shape index (κ3) is 3.98. The van der Waals surface area contributed by atoms with E-state index in [4.69, 9.17) is 11.8 Å². The van der Waals surface area contributed by atoms with Crippen LogP contribution in [-0.4, -0.2) is 22.3 Å². The molecule has 92 valence electrons. The zero-order valence-electron chi connectivity index (χ0n) is 10.5. The first-order valence-electron chi connectivity index (χ1n) is 5.82. The molecule has 0 aromatic rings. The molecule has 1 rings (SSSR count). The summed E-state index contributed by atoms with van der Waals surface area (Å²) in [6.45, 7) is 11.0. The first-order valence-corrected chi connectivity index (χ1v) is 7.38. The van der Waals surface area contributed by atoms with Crippen LogP contribution in [0.25, 0.3) is 4.85 Å². The van der Waals surface area contributed by atoms with Crippen LogP contribution in [0.1, 0.15) is 39.5 Å². The Morgan fingerprint density at radius 1 is 1.47 bits per heavy atom. The second-order valence-electron chi connectivity index (χ2n) is 5.12. The molecule has 0 aromatic carbocycles. The van der Waals surface area contributed by atoms with Crippen molar-refractivity contribution in [2.45, 2.75) is 39.5 Å². The van der Waals surface area contributed by atoms with Crippen LogP contribution in [0.5, 0.6) is 0 Å². The molecule has 0 aliphatic carbocycles. The molecule has 0 bridgehead atoms. The average molecular weight is 250 g/mol. The van der Waals surface area contributed by atoms with E-state index >= 15 is 0 Å². The van der Waals surface area contributed by atoms with Crippen molar-refractivity contribution in [3.63, 3.8) is 0 Å². The van der Waals surface area contributed by atoms with Crippen LogP contribution in [0.3, 0.4) is 0 Å². The van der Waals surface area contributed by atoms with Crippen molar-refractivity contribution in [2.24, 2.45) is 5.41 Å². The summed E-state index contributed by atoms with van der Waals surface area (Å²) in [6, 6.07) is 2.10. The van der Waals surface area contributed by atoms with Crippen LogP contribution in [0.4, 0.5) is 0 Å². The maximum Gasteiger partial charge on any atom is 0.254 e. The molecule has 0 N–H and O–H groups in total. The first kappa shape index (κ1) is 13.9. The predicted octanol–water partition coefficient (Wildman–Crippen LogP) is 3.00. The lowest BCUT2D eigenvalue weighted by Gasteiger charge is -2.20. The fourth-order valence-electron chi connectivity index (χ4n) is 1.92. The lowest BCUT2D eigenvalue weighted by atomic mass is 9.84. The van der Waals surface area contributed by atoms with Crippen molar-refractivity contribution >= 4 is 21.3 Å². The number of hydrogen-bond acceptors (Lipinski definition) is 2. The highest BCUT2D eigenvalue weighted by Crippen LogP contribution is 2.30. The summed E-state index contributed by atoms with van der Waals surface area (Å²) >= 11 is 0. The molecule has 0 atom stereocenters. The van der Waals surface area contributed by atoms with E-state index in [9.17, 15) is 4.79 Å². The number of Topliss-reactive ketones (excluding diaryl/α,β-unsaturated/α-hetero) is 1. The fraction of sp³-hybridized carbons (Fsp3) is 0.692. The molecule has 3 nitrogen and oxygen atoms in total. The maximum atomic E-state index is 12.1. The van der Waals surface area contributed by atoms with Gasteiger partial charge in [0.05, 0.1) is 12.6 Å². The minimum atomic E-state index is -0.315. The van der Waals surface area contributed by atoms with Crippen LogP contribution in [0.2, 0.25) is 0 Å². The van der Waals surface area contributed by atoms with Crippen LogP contribution in [0.15, 0.2) is 0 Å². The number of carbonyl (C=O) groups excluding carboxylic acids is 1. The number of ketones is 1. The highest BCUT2D eigenvalue weighted by atomic mass is 32.2. The second kappa shape index (κ2) is 5.98. The Balaban J connectivity index is 2.80. The predicted molar refractivity (Wildman–Crippen MR) is 71.8 cm³/mol. The van der Waals surface area contributed by atoms with Gasteiger partial charge in [-0.05, 0) is 29.8 Å². The van der Waals surface area contributed by atoms with Crippen molar-refractivity contribution < 1.29 is 4.79 Å². The Morgan fingerprint density at radius 3 is 2.53 bits per heavy atom. The fourth-order valence-corrected chi connectivity index (χ4v) is 4.14. The summed E-state index contributed by atoms with van der Waals surface area (Å²) in [7, 11) is -0.104. The molecule has 1 heterocycles. The van der Waals surface area contributed by atoms with Crippen molar-refractivity contribution in [3.05, 3.63) is 11.4 Å². The van der Waals surface area contributed by atoms with E-state index < -0.39 is 0 Å². The maximum absolute atomic E-state index is 12.1. The molecule has 4 heteroatoms. The smallest absolute Gasteiger partial charge is 0.254 e. The van der Waals surface area contributed by atoms with Crippen molar-refractivity contribution in [3.8, 4) is 6.07 Å². The highest BCUT2D eigenvalue weighted by molar-refractivity contribution is 8.17. The SMILES string of the molecule is [C-]#[N+]C(C(=O)CC(C)(C)CC#N)=S1CCCC1. The van der Waals surface area contributed by atoms with Gasteiger partial charge in [0.25, 0.3) is 4.99 Å². The topological polar surface area (TPSA) is 45.2 Å². The van der Waals surface area contributed by atoms with Gasteiger partial charge in [0.15, 0.2) is 5.78 Å². The van der Waals surface area contributed by atoms with E-state index in [1.165, 1.54) is 0 Å². The van der Waals surface area contributed by atoms with Crippen molar-refractivity contribution in [1.82, 2.24) is 0 Å². The Bertz CT molecular complexity index is 416. The minimum Gasteiger partial charge on any atom is -0.307 e. The molecule has 17 heavy (non-hydrogen) atoms. The second-order valence-corrected chi connectivity index (χ2v) is 7.31. The summed E-state index contributed by atoms with van der Waals surface area (Å²) in [5.74, 6) is 1.97.